The maximum atomic E-state index is 14.1. The first-order chi connectivity index (χ1) is 9.74. The second kappa shape index (κ2) is 6.78. The Morgan fingerprint density at radius 2 is 2.15 bits per heavy atom. The Labute approximate surface area is 118 Å². The van der Waals surface area contributed by atoms with Gasteiger partial charge in [0, 0.05) is 30.1 Å². The van der Waals surface area contributed by atoms with Gasteiger partial charge in [-0.25, -0.2) is 4.39 Å². The molecule has 0 radical (unpaired) electrons. The number of nitriles is 1. The largest absolute Gasteiger partial charge is 0.313 e. The zero-order valence-electron chi connectivity index (χ0n) is 11.4. The standard InChI is InChI=1S/C16H16FN3/c1-2-5-19-9-12-3-4-15(16(17)7-12)14-6-13(8-18)10-20-11-14/h3-4,6-7,10-11,19H,2,5,9H2,1H3. The lowest BCUT2D eigenvalue weighted by Crippen LogP contribution is -2.13. The Hall–Kier alpha value is -2.25. The highest BCUT2D eigenvalue weighted by Gasteiger charge is 2.07. The van der Waals surface area contributed by atoms with Crippen molar-refractivity contribution in [2.24, 2.45) is 0 Å². The molecule has 0 spiro atoms. The van der Waals surface area contributed by atoms with E-state index in [4.69, 9.17) is 5.26 Å². The molecule has 0 aliphatic carbocycles. The van der Waals surface area contributed by atoms with E-state index in [1.807, 2.05) is 12.1 Å². The molecule has 0 atom stereocenters. The number of hydrogen-bond acceptors (Lipinski definition) is 3. The van der Waals surface area contributed by atoms with Gasteiger partial charge in [-0.1, -0.05) is 19.1 Å². The van der Waals surface area contributed by atoms with Crippen LogP contribution in [0.4, 0.5) is 4.39 Å². The van der Waals surface area contributed by atoms with Crippen molar-refractivity contribution >= 4 is 0 Å². The number of nitrogens with one attached hydrogen (secondary N) is 1. The summed E-state index contributed by atoms with van der Waals surface area (Å²) in [5.74, 6) is -0.294. The highest BCUT2D eigenvalue weighted by Crippen LogP contribution is 2.23. The number of aromatic nitrogens is 1. The average Bonchev–Trinajstić information content (AvgIpc) is 2.48. The predicted molar refractivity (Wildman–Crippen MR) is 76.3 cm³/mol. The Morgan fingerprint density at radius 3 is 2.85 bits per heavy atom. The molecule has 102 valence electrons. The van der Waals surface area contributed by atoms with E-state index in [1.165, 1.54) is 12.3 Å². The molecule has 3 nitrogen and oxygen atoms in total. The van der Waals surface area contributed by atoms with Crippen LogP contribution >= 0.6 is 0 Å². The van der Waals surface area contributed by atoms with Crippen LogP contribution in [0.1, 0.15) is 24.5 Å². The van der Waals surface area contributed by atoms with Gasteiger partial charge in [0.25, 0.3) is 0 Å². The van der Waals surface area contributed by atoms with Crippen LogP contribution in [0.2, 0.25) is 0 Å². The maximum absolute atomic E-state index is 14.1. The molecule has 2 aromatic rings. The Balaban J connectivity index is 2.23. The van der Waals surface area contributed by atoms with Crippen LogP contribution < -0.4 is 5.32 Å². The van der Waals surface area contributed by atoms with Crippen molar-refractivity contribution in [3.05, 3.63) is 53.6 Å². The summed E-state index contributed by atoms with van der Waals surface area (Å²) in [5.41, 5.74) is 2.42. The normalized spacial score (nSPS) is 10.2. The van der Waals surface area contributed by atoms with Crippen LogP contribution in [0.5, 0.6) is 0 Å². The van der Waals surface area contributed by atoms with Crippen molar-refractivity contribution < 1.29 is 4.39 Å². The predicted octanol–water partition coefficient (Wildman–Crippen LogP) is 3.26. The zero-order chi connectivity index (χ0) is 14.4. The molecule has 0 aliphatic heterocycles. The molecule has 0 saturated heterocycles. The van der Waals surface area contributed by atoms with Gasteiger partial charge in [0.2, 0.25) is 0 Å². The van der Waals surface area contributed by atoms with Crippen LogP contribution in [-0.2, 0) is 6.54 Å². The molecule has 0 saturated carbocycles. The third kappa shape index (κ3) is 3.40. The van der Waals surface area contributed by atoms with E-state index in [9.17, 15) is 4.39 Å². The van der Waals surface area contributed by atoms with E-state index in [0.29, 0.717) is 23.2 Å². The summed E-state index contributed by atoms with van der Waals surface area (Å²) in [7, 11) is 0. The lowest BCUT2D eigenvalue weighted by atomic mass is 10.0. The summed E-state index contributed by atoms with van der Waals surface area (Å²) in [6.07, 6.45) is 4.08. The van der Waals surface area contributed by atoms with E-state index in [2.05, 4.69) is 17.2 Å². The highest BCUT2D eigenvalue weighted by atomic mass is 19.1. The summed E-state index contributed by atoms with van der Waals surface area (Å²) in [6, 6.07) is 8.79. The van der Waals surface area contributed by atoms with Crippen LogP contribution in [0, 0.1) is 17.1 Å². The van der Waals surface area contributed by atoms with Crippen LogP contribution in [0.15, 0.2) is 36.7 Å². The number of nitrogens with zero attached hydrogens (tertiary/aromatic N) is 2. The van der Waals surface area contributed by atoms with E-state index >= 15 is 0 Å². The topological polar surface area (TPSA) is 48.7 Å². The minimum absolute atomic E-state index is 0.294. The van der Waals surface area contributed by atoms with Crippen molar-refractivity contribution in [1.29, 1.82) is 5.26 Å². The van der Waals surface area contributed by atoms with Crippen LogP contribution in [0.25, 0.3) is 11.1 Å². The third-order valence-electron chi connectivity index (χ3n) is 2.97. The van der Waals surface area contributed by atoms with Crippen LogP contribution in [0.3, 0.4) is 0 Å². The average molecular weight is 269 g/mol. The summed E-state index contributed by atoms with van der Waals surface area (Å²) >= 11 is 0. The fraction of sp³-hybridized carbons (Fsp3) is 0.250. The lowest BCUT2D eigenvalue weighted by Gasteiger charge is -2.07. The van der Waals surface area contributed by atoms with Gasteiger partial charge in [-0.15, -0.1) is 0 Å². The Kier molecular flexibility index (Phi) is 4.80. The number of benzene rings is 1. The molecule has 0 aliphatic rings. The van der Waals surface area contributed by atoms with Gasteiger partial charge in [0.15, 0.2) is 0 Å². The van der Waals surface area contributed by atoms with Gasteiger partial charge in [0.1, 0.15) is 11.9 Å². The number of pyridine rings is 1. The molecule has 1 heterocycles. The second-order valence-electron chi connectivity index (χ2n) is 4.57. The number of halogens is 1. The molecule has 4 heteroatoms. The first kappa shape index (κ1) is 14.2. The monoisotopic (exact) mass is 269 g/mol. The molecular weight excluding hydrogens is 253 g/mol. The summed E-state index contributed by atoms with van der Waals surface area (Å²) in [4.78, 5) is 3.95. The van der Waals surface area contributed by atoms with Crippen molar-refractivity contribution in [2.45, 2.75) is 19.9 Å². The SMILES string of the molecule is CCCNCc1ccc(-c2cncc(C#N)c2)c(F)c1. The molecule has 1 aromatic heterocycles. The smallest absolute Gasteiger partial charge is 0.131 e. The number of rotatable bonds is 5. The second-order valence-corrected chi connectivity index (χ2v) is 4.57. The molecular formula is C16H16FN3. The van der Waals surface area contributed by atoms with Gasteiger partial charge in [0.05, 0.1) is 5.56 Å². The fourth-order valence-electron chi connectivity index (χ4n) is 1.96. The van der Waals surface area contributed by atoms with E-state index in [1.54, 1.807) is 18.3 Å². The molecule has 0 fully saturated rings. The van der Waals surface area contributed by atoms with E-state index < -0.39 is 0 Å². The van der Waals surface area contributed by atoms with Crippen molar-refractivity contribution in [3.8, 4) is 17.2 Å². The van der Waals surface area contributed by atoms with E-state index in [0.717, 1.165) is 18.5 Å². The van der Waals surface area contributed by atoms with Crippen molar-refractivity contribution in [2.75, 3.05) is 6.54 Å². The first-order valence-electron chi connectivity index (χ1n) is 6.59. The van der Waals surface area contributed by atoms with Crippen LogP contribution in [-0.4, -0.2) is 11.5 Å². The zero-order valence-corrected chi connectivity index (χ0v) is 11.4. The lowest BCUT2D eigenvalue weighted by molar-refractivity contribution is 0.622. The van der Waals surface area contributed by atoms with E-state index in [-0.39, 0.29) is 5.82 Å². The molecule has 1 aromatic carbocycles. The summed E-state index contributed by atoms with van der Waals surface area (Å²) in [5, 5.41) is 12.1. The van der Waals surface area contributed by atoms with Gasteiger partial charge >= 0.3 is 0 Å². The summed E-state index contributed by atoms with van der Waals surface area (Å²) < 4.78 is 14.1. The molecule has 0 amide bonds. The van der Waals surface area contributed by atoms with Gasteiger partial charge < -0.3 is 5.32 Å². The number of hydrogen-bond donors (Lipinski definition) is 1. The van der Waals surface area contributed by atoms with Crippen molar-refractivity contribution in [3.63, 3.8) is 0 Å². The minimum Gasteiger partial charge on any atom is -0.313 e. The Bertz CT molecular complexity index is 632. The molecule has 2 rings (SSSR count). The quantitative estimate of drug-likeness (QED) is 0.847. The van der Waals surface area contributed by atoms with Crippen molar-refractivity contribution in [1.82, 2.24) is 10.3 Å². The molecule has 0 bridgehead atoms. The molecule has 0 unspecified atom stereocenters. The minimum atomic E-state index is -0.294. The first-order valence-corrected chi connectivity index (χ1v) is 6.59. The molecule has 20 heavy (non-hydrogen) atoms. The third-order valence-corrected chi connectivity index (χ3v) is 2.97. The Morgan fingerprint density at radius 1 is 1.30 bits per heavy atom. The maximum Gasteiger partial charge on any atom is 0.131 e. The highest BCUT2D eigenvalue weighted by molar-refractivity contribution is 5.65. The fourth-order valence-corrected chi connectivity index (χ4v) is 1.96. The molecule has 1 N–H and O–H groups in total. The van der Waals surface area contributed by atoms with Gasteiger partial charge in [-0.05, 0) is 30.7 Å². The van der Waals surface area contributed by atoms with Gasteiger partial charge in [-0.3, -0.25) is 4.98 Å². The summed E-state index contributed by atoms with van der Waals surface area (Å²) in [6.45, 7) is 3.66. The van der Waals surface area contributed by atoms with Gasteiger partial charge in [-0.2, -0.15) is 5.26 Å².